The molecule has 0 aromatic rings. The number of rotatable bonds is 4. The fourth-order valence-corrected chi connectivity index (χ4v) is 0.651. The molecule has 94 valence electrons. The van der Waals surface area contributed by atoms with Crippen LogP contribution >= 0.6 is 69.6 Å². The molecule has 0 unspecified atom stereocenters. The van der Waals surface area contributed by atoms with E-state index in [-0.39, 0.29) is 0 Å². The van der Waals surface area contributed by atoms with E-state index in [0.29, 0.717) is 0 Å². The van der Waals surface area contributed by atoms with Crippen LogP contribution in [0.2, 0.25) is 0 Å². The van der Waals surface area contributed by atoms with Crippen LogP contribution in [0.15, 0.2) is 0 Å². The van der Waals surface area contributed by atoms with E-state index in [9.17, 15) is 9.59 Å². The minimum absolute atomic E-state index is 0.463. The summed E-state index contributed by atoms with van der Waals surface area (Å²) in [5, 5.41) is 0. The van der Waals surface area contributed by atoms with Crippen molar-refractivity contribution in [1.82, 2.24) is 0 Å². The first-order valence-corrected chi connectivity index (χ1v) is 6.06. The molecule has 16 heavy (non-hydrogen) atoms. The summed E-state index contributed by atoms with van der Waals surface area (Å²) in [6.45, 7) is 0. The van der Waals surface area contributed by atoms with Crippen LogP contribution in [0, 0.1) is 0 Å². The maximum Gasteiger partial charge on any atom is 0.392 e. The van der Waals surface area contributed by atoms with Gasteiger partial charge < -0.3 is 0 Å². The van der Waals surface area contributed by atoms with Crippen molar-refractivity contribution in [1.29, 1.82) is 0 Å². The molecule has 0 spiro atoms. The standard InChI is InChI=1S/C6H4Cl6O4/c7-1-5(9,10)3(13)15-16-4(14)6(11,12)2-8/h1-2H2. The Morgan fingerprint density at radius 2 is 1.06 bits per heavy atom. The molecule has 0 aliphatic carbocycles. The van der Waals surface area contributed by atoms with E-state index >= 15 is 0 Å². The van der Waals surface area contributed by atoms with Gasteiger partial charge in [-0.2, -0.15) is 0 Å². The summed E-state index contributed by atoms with van der Waals surface area (Å²) in [5.74, 6) is -3.49. The van der Waals surface area contributed by atoms with Gasteiger partial charge in [0.15, 0.2) is 0 Å². The highest BCUT2D eigenvalue weighted by Gasteiger charge is 2.40. The Morgan fingerprint density at radius 1 is 0.812 bits per heavy atom. The lowest BCUT2D eigenvalue weighted by Crippen LogP contribution is -2.35. The smallest absolute Gasteiger partial charge is 0.244 e. The third-order valence-corrected chi connectivity index (χ3v) is 3.63. The number of carbonyl (C=O) groups excluding carboxylic acids is 2. The van der Waals surface area contributed by atoms with E-state index in [1.54, 1.807) is 0 Å². The van der Waals surface area contributed by atoms with Crippen LogP contribution in [0.3, 0.4) is 0 Å². The van der Waals surface area contributed by atoms with Crippen molar-refractivity contribution < 1.29 is 19.4 Å². The number of hydrogen-bond acceptors (Lipinski definition) is 4. The van der Waals surface area contributed by atoms with E-state index in [1.807, 2.05) is 0 Å². The van der Waals surface area contributed by atoms with Gasteiger partial charge in [-0.25, -0.2) is 19.4 Å². The maximum absolute atomic E-state index is 11.0. The first-order chi connectivity index (χ1) is 7.17. The number of alkyl halides is 6. The molecule has 0 N–H and O–H groups in total. The van der Waals surface area contributed by atoms with E-state index < -0.39 is 32.4 Å². The van der Waals surface area contributed by atoms with Crippen LogP contribution in [-0.2, 0) is 19.4 Å². The summed E-state index contributed by atoms with van der Waals surface area (Å²) in [7, 11) is 0. The second kappa shape index (κ2) is 6.57. The highest BCUT2D eigenvalue weighted by molar-refractivity contribution is 6.61. The van der Waals surface area contributed by atoms with Gasteiger partial charge in [-0.1, -0.05) is 46.4 Å². The predicted molar refractivity (Wildman–Crippen MR) is 62.5 cm³/mol. The van der Waals surface area contributed by atoms with E-state index in [2.05, 4.69) is 9.78 Å². The molecule has 10 heteroatoms. The Labute approximate surface area is 121 Å². The zero-order chi connectivity index (χ0) is 13.0. The molecule has 0 saturated heterocycles. The topological polar surface area (TPSA) is 52.6 Å². The average molecular weight is 353 g/mol. The van der Waals surface area contributed by atoms with Crippen LogP contribution in [0.4, 0.5) is 0 Å². The van der Waals surface area contributed by atoms with Crippen molar-refractivity contribution >= 4 is 81.5 Å². The van der Waals surface area contributed by atoms with Crippen molar-refractivity contribution in [2.45, 2.75) is 8.67 Å². The molecule has 0 fully saturated rings. The monoisotopic (exact) mass is 350 g/mol. The normalized spacial score (nSPS) is 12.1. The molecule has 0 aromatic carbocycles. The zero-order valence-corrected chi connectivity index (χ0v) is 11.9. The fourth-order valence-electron chi connectivity index (χ4n) is 0.307. The van der Waals surface area contributed by atoms with E-state index in [0.717, 1.165) is 0 Å². The molecular weight excluding hydrogens is 349 g/mol. The van der Waals surface area contributed by atoms with Gasteiger partial charge in [0.1, 0.15) is 0 Å². The van der Waals surface area contributed by atoms with Gasteiger partial charge in [0, 0.05) is 0 Å². The Morgan fingerprint density at radius 3 is 1.25 bits per heavy atom. The van der Waals surface area contributed by atoms with Crippen LogP contribution < -0.4 is 0 Å². The van der Waals surface area contributed by atoms with Crippen molar-refractivity contribution in [3.8, 4) is 0 Å². The Kier molecular flexibility index (Phi) is 6.85. The van der Waals surface area contributed by atoms with Crippen LogP contribution in [0.5, 0.6) is 0 Å². The van der Waals surface area contributed by atoms with Crippen LogP contribution in [0.25, 0.3) is 0 Å². The van der Waals surface area contributed by atoms with Gasteiger partial charge in [-0.15, -0.1) is 23.2 Å². The Hall–Kier alpha value is 0.680. The molecule has 0 atom stereocenters. The SMILES string of the molecule is O=C(OOC(=O)C(Cl)(Cl)CCl)C(Cl)(Cl)CCl. The molecule has 0 saturated carbocycles. The molecule has 4 nitrogen and oxygen atoms in total. The minimum Gasteiger partial charge on any atom is -0.244 e. The van der Waals surface area contributed by atoms with Crippen molar-refractivity contribution in [2.24, 2.45) is 0 Å². The molecule has 0 rings (SSSR count). The summed E-state index contributed by atoms with van der Waals surface area (Å²) < 4.78 is -4.08. The third-order valence-electron chi connectivity index (χ3n) is 1.13. The number of carbonyl (C=O) groups is 2. The molecular formula is C6H4Cl6O4. The lowest BCUT2D eigenvalue weighted by Gasteiger charge is -2.15. The number of halogens is 6. The van der Waals surface area contributed by atoms with Gasteiger partial charge in [0.25, 0.3) is 0 Å². The second-order valence-corrected chi connectivity index (χ2v) is 5.92. The van der Waals surface area contributed by atoms with E-state index in [1.165, 1.54) is 0 Å². The Bertz CT molecular complexity index is 250. The van der Waals surface area contributed by atoms with Gasteiger partial charge in [-0.05, 0) is 0 Å². The largest absolute Gasteiger partial charge is 0.392 e. The fraction of sp³-hybridized carbons (Fsp3) is 0.667. The quantitative estimate of drug-likeness (QED) is 0.443. The van der Waals surface area contributed by atoms with Crippen LogP contribution in [0.1, 0.15) is 0 Å². The molecule has 0 aliphatic rings. The summed E-state index contributed by atoms with van der Waals surface area (Å²) >= 11 is 32.0. The summed E-state index contributed by atoms with van der Waals surface area (Å²) in [6, 6.07) is 0. The molecule has 0 heterocycles. The highest BCUT2D eigenvalue weighted by atomic mass is 35.5. The minimum atomic E-state index is -2.04. The summed E-state index contributed by atoms with van der Waals surface area (Å²) in [6.07, 6.45) is 0. The van der Waals surface area contributed by atoms with Gasteiger partial charge in [0.2, 0.25) is 8.67 Å². The van der Waals surface area contributed by atoms with Gasteiger partial charge >= 0.3 is 11.9 Å². The first-order valence-electron chi connectivity index (χ1n) is 3.48. The molecule has 0 radical (unpaired) electrons. The molecule has 0 aliphatic heterocycles. The molecule has 0 amide bonds. The molecule has 0 bridgehead atoms. The number of hydrogen-bond donors (Lipinski definition) is 0. The molecule has 0 aromatic heterocycles. The van der Waals surface area contributed by atoms with Crippen LogP contribution in [-0.4, -0.2) is 32.4 Å². The first kappa shape index (κ1) is 16.7. The predicted octanol–water partition coefficient (Wildman–Crippen LogP) is 2.81. The van der Waals surface area contributed by atoms with Crippen molar-refractivity contribution in [3.05, 3.63) is 0 Å². The van der Waals surface area contributed by atoms with Gasteiger partial charge in [-0.3, -0.25) is 0 Å². The lowest BCUT2D eigenvalue weighted by atomic mass is 10.5. The summed E-state index contributed by atoms with van der Waals surface area (Å²) in [5.41, 5.74) is 0. The zero-order valence-electron chi connectivity index (χ0n) is 7.31. The highest BCUT2D eigenvalue weighted by Crippen LogP contribution is 2.27. The van der Waals surface area contributed by atoms with Gasteiger partial charge in [0.05, 0.1) is 11.8 Å². The van der Waals surface area contributed by atoms with E-state index in [4.69, 9.17) is 69.6 Å². The lowest BCUT2D eigenvalue weighted by molar-refractivity contribution is -0.259. The Balaban J connectivity index is 4.28. The second-order valence-electron chi connectivity index (χ2n) is 2.42. The average Bonchev–Trinajstić information content (AvgIpc) is 2.24. The van der Waals surface area contributed by atoms with Crippen molar-refractivity contribution in [2.75, 3.05) is 11.8 Å². The third kappa shape index (κ3) is 4.90. The summed E-state index contributed by atoms with van der Waals surface area (Å²) in [4.78, 5) is 30.1. The maximum atomic E-state index is 11.0. The van der Waals surface area contributed by atoms with Crippen molar-refractivity contribution in [3.63, 3.8) is 0 Å².